The SMILES string of the molecule is COc1ccc(N2C(=S)N[C@@H](c3ccccn3)[C@H]2c2ccc(-c3ccc(Cl)c(Cl)c3)o2)cc1NC(C)=O. The van der Waals surface area contributed by atoms with Crippen LogP contribution in [0.5, 0.6) is 5.75 Å². The fourth-order valence-corrected chi connectivity index (χ4v) is 5.02. The van der Waals surface area contributed by atoms with Gasteiger partial charge in [0.05, 0.1) is 34.6 Å². The molecular formula is C27H22Cl2N4O3S. The smallest absolute Gasteiger partial charge is 0.221 e. The Morgan fingerprint density at radius 1 is 1.11 bits per heavy atom. The second kappa shape index (κ2) is 10.4. The fourth-order valence-electron chi connectivity index (χ4n) is 4.37. The van der Waals surface area contributed by atoms with Crippen molar-refractivity contribution in [1.29, 1.82) is 0 Å². The fraction of sp³-hybridized carbons (Fsp3) is 0.148. The summed E-state index contributed by atoms with van der Waals surface area (Å²) in [5.74, 6) is 1.63. The molecule has 1 aliphatic heterocycles. The number of carbonyl (C=O) groups is 1. The minimum Gasteiger partial charge on any atom is -0.495 e. The van der Waals surface area contributed by atoms with E-state index in [-0.39, 0.29) is 18.0 Å². The second-order valence-corrected chi connectivity index (χ2v) is 9.59. The highest BCUT2D eigenvalue weighted by Crippen LogP contribution is 2.44. The first-order valence-corrected chi connectivity index (χ1v) is 12.5. The van der Waals surface area contributed by atoms with Crippen LogP contribution in [0.1, 0.15) is 30.5 Å². The normalized spacial score (nSPS) is 17.0. The highest BCUT2D eigenvalue weighted by atomic mass is 35.5. The molecule has 2 atom stereocenters. The van der Waals surface area contributed by atoms with E-state index < -0.39 is 0 Å². The van der Waals surface area contributed by atoms with Crippen LogP contribution >= 0.6 is 35.4 Å². The number of ether oxygens (including phenoxy) is 1. The topological polar surface area (TPSA) is 79.6 Å². The summed E-state index contributed by atoms with van der Waals surface area (Å²) in [5.41, 5.74) is 2.89. The molecule has 37 heavy (non-hydrogen) atoms. The molecule has 0 unspecified atom stereocenters. The van der Waals surface area contributed by atoms with Gasteiger partial charge in [0.1, 0.15) is 23.3 Å². The number of halogens is 2. The van der Waals surface area contributed by atoms with Crippen LogP contribution in [0, 0.1) is 0 Å². The minimum atomic E-state index is -0.377. The van der Waals surface area contributed by atoms with E-state index in [2.05, 4.69) is 15.6 Å². The molecule has 2 aromatic carbocycles. The number of amides is 1. The Morgan fingerprint density at radius 3 is 2.65 bits per heavy atom. The third-order valence-electron chi connectivity index (χ3n) is 5.99. The van der Waals surface area contributed by atoms with E-state index in [4.69, 9.17) is 44.6 Å². The van der Waals surface area contributed by atoms with Gasteiger partial charge < -0.3 is 24.7 Å². The van der Waals surface area contributed by atoms with Gasteiger partial charge in [0.25, 0.3) is 0 Å². The number of pyridine rings is 1. The molecular weight excluding hydrogens is 531 g/mol. The van der Waals surface area contributed by atoms with Crippen molar-refractivity contribution in [2.45, 2.75) is 19.0 Å². The van der Waals surface area contributed by atoms with Gasteiger partial charge in [0, 0.05) is 24.4 Å². The van der Waals surface area contributed by atoms with Gasteiger partial charge in [-0.3, -0.25) is 9.78 Å². The lowest BCUT2D eigenvalue weighted by Gasteiger charge is -2.27. The van der Waals surface area contributed by atoms with Crippen LogP contribution < -0.4 is 20.3 Å². The van der Waals surface area contributed by atoms with Crippen molar-refractivity contribution in [2.24, 2.45) is 0 Å². The molecule has 2 aromatic heterocycles. The highest BCUT2D eigenvalue weighted by Gasteiger charge is 2.42. The quantitative estimate of drug-likeness (QED) is 0.255. The Kier molecular flexibility index (Phi) is 7.06. The molecule has 1 fully saturated rings. The monoisotopic (exact) mass is 552 g/mol. The molecule has 0 spiro atoms. The van der Waals surface area contributed by atoms with Gasteiger partial charge in [-0.15, -0.1) is 0 Å². The summed E-state index contributed by atoms with van der Waals surface area (Å²) < 4.78 is 11.8. The maximum absolute atomic E-state index is 11.8. The van der Waals surface area contributed by atoms with Gasteiger partial charge in [-0.25, -0.2) is 0 Å². The van der Waals surface area contributed by atoms with E-state index >= 15 is 0 Å². The summed E-state index contributed by atoms with van der Waals surface area (Å²) in [7, 11) is 1.55. The number of aromatic nitrogens is 1. The molecule has 0 aliphatic carbocycles. The summed E-state index contributed by atoms with van der Waals surface area (Å²) >= 11 is 18.1. The lowest BCUT2D eigenvalue weighted by molar-refractivity contribution is -0.114. The van der Waals surface area contributed by atoms with E-state index in [9.17, 15) is 4.79 Å². The molecule has 4 aromatic rings. The van der Waals surface area contributed by atoms with Crippen LogP contribution in [-0.4, -0.2) is 23.1 Å². The maximum atomic E-state index is 11.8. The lowest BCUT2D eigenvalue weighted by atomic mass is 10.0. The number of methoxy groups -OCH3 is 1. The van der Waals surface area contributed by atoms with E-state index in [1.165, 1.54) is 6.92 Å². The van der Waals surface area contributed by atoms with Crippen molar-refractivity contribution in [1.82, 2.24) is 10.3 Å². The molecule has 2 N–H and O–H groups in total. The number of hydrogen-bond donors (Lipinski definition) is 2. The van der Waals surface area contributed by atoms with Gasteiger partial charge >= 0.3 is 0 Å². The Bertz CT molecular complexity index is 1480. The van der Waals surface area contributed by atoms with Crippen molar-refractivity contribution in [3.63, 3.8) is 0 Å². The zero-order chi connectivity index (χ0) is 26.1. The molecule has 7 nitrogen and oxygen atoms in total. The predicted octanol–water partition coefficient (Wildman–Crippen LogP) is 6.79. The molecule has 0 bridgehead atoms. The van der Waals surface area contributed by atoms with Gasteiger partial charge in [0.2, 0.25) is 5.91 Å². The number of rotatable bonds is 6. The summed E-state index contributed by atoms with van der Waals surface area (Å²) in [6.45, 7) is 1.45. The molecule has 1 aliphatic rings. The molecule has 188 valence electrons. The Balaban J connectivity index is 1.60. The number of furan rings is 1. The van der Waals surface area contributed by atoms with Crippen LogP contribution in [-0.2, 0) is 4.79 Å². The van der Waals surface area contributed by atoms with Crippen LogP contribution in [0.4, 0.5) is 11.4 Å². The standard InChI is InChI=1S/C27H22Cl2N4O3S/c1-15(34)31-21-14-17(7-9-23(21)35-2)33-26(25(32-27(33)37)20-5-3-4-12-30-20)24-11-10-22(36-24)16-6-8-18(28)19(29)13-16/h3-14,25-26H,1-2H3,(H,31,34)(H,32,37)/t25-,26+/m0/s1. The van der Waals surface area contributed by atoms with Crippen molar-refractivity contribution in [3.8, 4) is 17.1 Å². The van der Waals surface area contributed by atoms with Crippen LogP contribution in [0.15, 0.2) is 77.3 Å². The van der Waals surface area contributed by atoms with E-state index in [0.29, 0.717) is 38.1 Å². The number of anilines is 2. The number of carbonyl (C=O) groups excluding carboxylic acids is 1. The Labute approximate surface area is 229 Å². The zero-order valence-corrected chi connectivity index (χ0v) is 22.2. The zero-order valence-electron chi connectivity index (χ0n) is 19.9. The molecule has 0 radical (unpaired) electrons. The Hall–Kier alpha value is -3.59. The van der Waals surface area contributed by atoms with Crippen LogP contribution in [0.2, 0.25) is 10.0 Å². The number of thiocarbonyl (C=S) groups is 1. The third-order valence-corrected chi connectivity index (χ3v) is 7.05. The van der Waals surface area contributed by atoms with E-state index in [0.717, 1.165) is 16.9 Å². The summed E-state index contributed by atoms with van der Waals surface area (Å²) in [6, 6.07) is 19.7. The third kappa shape index (κ3) is 5.00. The molecule has 1 amide bonds. The first-order valence-electron chi connectivity index (χ1n) is 11.4. The highest BCUT2D eigenvalue weighted by molar-refractivity contribution is 7.80. The average Bonchev–Trinajstić information content (AvgIpc) is 3.50. The number of nitrogens with one attached hydrogen (secondary N) is 2. The number of benzene rings is 2. The van der Waals surface area contributed by atoms with E-state index in [1.54, 1.807) is 31.5 Å². The molecule has 0 saturated carbocycles. The summed E-state index contributed by atoms with van der Waals surface area (Å²) in [4.78, 5) is 18.3. The van der Waals surface area contributed by atoms with Crippen molar-refractivity contribution in [3.05, 3.63) is 94.4 Å². The summed E-state index contributed by atoms with van der Waals surface area (Å²) in [5, 5.41) is 7.63. The van der Waals surface area contributed by atoms with Crippen LogP contribution in [0.25, 0.3) is 11.3 Å². The van der Waals surface area contributed by atoms with Crippen molar-refractivity contribution in [2.75, 3.05) is 17.3 Å². The lowest BCUT2D eigenvalue weighted by Crippen LogP contribution is -2.29. The maximum Gasteiger partial charge on any atom is 0.221 e. The van der Waals surface area contributed by atoms with Crippen molar-refractivity contribution < 1.29 is 13.9 Å². The van der Waals surface area contributed by atoms with E-state index in [1.807, 2.05) is 53.4 Å². The van der Waals surface area contributed by atoms with Crippen molar-refractivity contribution >= 4 is 57.8 Å². The first kappa shape index (κ1) is 25.1. The largest absolute Gasteiger partial charge is 0.495 e. The minimum absolute atomic E-state index is 0.210. The molecule has 1 saturated heterocycles. The number of hydrogen-bond acceptors (Lipinski definition) is 5. The van der Waals surface area contributed by atoms with Gasteiger partial charge in [0.15, 0.2) is 5.11 Å². The predicted molar refractivity (Wildman–Crippen MR) is 149 cm³/mol. The van der Waals surface area contributed by atoms with Gasteiger partial charge in [-0.1, -0.05) is 29.3 Å². The van der Waals surface area contributed by atoms with Gasteiger partial charge in [-0.2, -0.15) is 0 Å². The molecule has 10 heteroatoms. The number of nitrogens with zero attached hydrogens (tertiary/aromatic N) is 2. The second-order valence-electron chi connectivity index (χ2n) is 8.39. The molecule has 5 rings (SSSR count). The van der Waals surface area contributed by atoms with Gasteiger partial charge in [-0.05, 0) is 72.9 Å². The first-order chi connectivity index (χ1) is 17.9. The summed E-state index contributed by atoms with van der Waals surface area (Å²) in [6.07, 6.45) is 1.74. The van der Waals surface area contributed by atoms with Crippen LogP contribution in [0.3, 0.4) is 0 Å². The molecule has 3 heterocycles. The average molecular weight is 553 g/mol. The Morgan fingerprint density at radius 2 is 1.95 bits per heavy atom.